The first-order chi connectivity index (χ1) is 19.2. The first-order valence-electron chi connectivity index (χ1n) is 14.7. The van der Waals surface area contributed by atoms with E-state index in [0.29, 0.717) is 25.9 Å². The van der Waals surface area contributed by atoms with Crippen LogP contribution in [0.15, 0.2) is 46.3 Å². The number of para-hydroxylation sites is 1. The molecule has 218 valence electrons. The highest BCUT2D eigenvalue weighted by molar-refractivity contribution is 8.03. The summed E-state index contributed by atoms with van der Waals surface area (Å²) in [4.78, 5) is 29.6. The van der Waals surface area contributed by atoms with Crippen LogP contribution in [0.2, 0.25) is 0 Å². The third-order valence-corrected chi connectivity index (χ3v) is 8.40. The van der Waals surface area contributed by atoms with Crippen LogP contribution >= 0.6 is 11.8 Å². The van der Waals surface area contributed by atoms with Crippen molar-refractivity contribution in [3.05, 3.63) is 58.4 Å². The summed E-state index contributed by atoms with van der Waals surface area (Å²) in [7, 11) is 6.12. The largest absolute Gasteiger partial charge is 0.356 e. The van der Waals surface area contributed by atoms with Gasteiger partial charge in [-0.2, -0.15) is 0 Å². The number of amides is 2. The number of nitrogens with one attached hydrogen (secondary N) is 2. The summed E-state index contributed by atoms with van der Waals surface area (Å²) in [5.41, 5.74) is 5.02. The molecule has 0 bridgehead atoms. The number of anilines is 1. The molecule has 40 heavy (non-hydrogen) atoms. The molecule has 8 heteroatoms. The van der Waals surface area contributed by atoms with Crippen molar-refractivity contribution >= 4 is 35.3 Å². The van der Waals surface area contributed by atoms with E-state index in [2.05, 4.69) is 88.4 Å². The fraction of sp³-hybridized carbons (Fsp3) is 0.531. The molecule has 0 saturated heterocycles. The molecule has 2 aromatic rings. The normalized spacial score (nSPS) is 13.7. The second kappa shape index (κ2) is 16.4. The van der Waals surface area contributed by atoms with Gasteiger partial charge in [0.2, 0.25) is 11.8 Å². The number of pyridine rings is 1. The van der Waals surface area contributed by atoms with E-state index in [0.717, 1.165) is 51.6 Å². The van der Waals surface area contributed by atoms with Crippen molar-refractivity contribution in [2.45, 2.75) is 76.7 Å². The van der Waals surface area contributed by atoms with Crippen molar-refractivity contribution in [3.8, 4) is 0 Å². The smallest absolute Gasteiger partial charge is 0.220 e. The predicted molar refractivity (Wildman–Crippen MR) is 166 cm³/mol. The van der Waals surface area contributed by atoms with Crippen LogP contribution in [0.5, 0.6) is 0 Å². The van der Waals surface area contributed by atoms with E-state index < -0.39 is 0 Å². The first-order valence-corrected chi connectivity index (χ1v) is 15.5. The molecule has 0 saturated carbocycles. The zero-order chi connectivity index (χ0) is 28.9. The fourth-order valence-corrected chi connectivity index (χ4v) is 6.04. The Bertz CT molecular complexity index is 1140. The van der Waals surface area contributed by atoms with E-state index in [1.54, 1.807) is 0 Å². The van der Waals surface area contributed by atoms with Gasteiger partial charge in [-0.3, -0.25) is 9.59 Å². The number of aromatic nitrogens is 1. The predicted octanol–water partition coefficient (Wildman–Crippen LogP) is 5.05. The van der Waals surface area contributed by atoms with Crippen LogP contribution in [-0.2, 0) is 16.1 Å². The maximum absolute atomic E-state index is 12.2. The van der Waals surface area contributed by atoms with Crippen LogP contribution < -0.4 is 20.1 Å². The molecule has 7 nitrogen and oxygen atoms in total. The summed E-state index contributed by atoms with van der Waals surface area (Å²) in [5, 5.41) is 7.21. The van der Waals surface area contributed by atoms with Crippen LogP contribution in [-0.4, -0.2) is 57.5 Å². The number of hydrogen-bond donors (Lipinski definition) is 2. The average molecular weight is 567 g/mol. The van der Waals surface area contributed by atoms with Crippen LogP contribution in [0.4, 0.5) is 5.69 Å². The zero-order valence-electron chi connectivity index (χ0n) is 25.1. The Kier molecular flexibility index (Phi) is 13.0. The van der Waals surface area contributed by atoms with E-state index in [1.165, 1.54) is 32.6 Å². The minimum atomic E-state index is 0.116. The summed E-state index contributed by atoms with van der Waals surface area (Å²) in [5.74, 6) is 0.251. The molecule has 0 radical (unpaired) electrons. The van der Waals surface area contributed by atoms with E-state index in [-0.39, 0.29) is 11.8 Å². The minimum Gasteiger partial charge on any atom is -0.356 e. The lowest BCUT2D eigenvalue weighted by Crippen LogP contribution is -2.40. The molecule has 0 fully saturated rings. The minimum absolute atomic E-state index is 0.116. The van der Waals surface area contributed by atoms with Crippen molar-refractivity contribution < 1.29 is 14.2 Å². The lowest BCUT2D eigenvalue weighted by molar-refractivity contribution is -0.709. The molecule has 1 aromatic carbocycles. The molecular weight excluding hydrogens is 518 g/mol. The number of unbranched alkanes of at least 4 members (excludes halogenated alkanes) is 4. The monoisotopic (exact) mass is 566 g/mol. The van der Waals surface area contributed by atoms with Gasteiger partial charge < -0.3 is 20.4 Å². The van der Waals surface area contributed by atoms with Crippen LogP contribution in [0.25, 0.3) is 6.08 Å². The lowest BCUT2D eigenvalue weighted by Gasteiger charge is -2.13. The topological polar surface area (TPSA) is 68.6 Å². The van der Waals surface area contributed by atoms with E-state index >= 15 is 0 Å². The average Bonchev–Trinajstić information content (AvgIpc) is 3.22. The number of thioether (sulfide) groups is 1. The maximum atomic E-state index is 12.2. The van der Waals surface area contributed by atoms with Gasteiger partial charge >= 0.3 is 0 Å². The van der Waals surface area contributed by atoms with Gasteiger partial charge in [0.1, 0.15) is 6.54 Å². The quantitative estimate of drug-likeness (QED) is 0.220. The van der Waals surface area contributed by atoms with Crippen molar-refractivity contribution in [2.75, 3.05) is 45.7 Å². The molecular formula is C32H48N5O2S+. The molecule has 0 spiro atoms. The zero-order valence-corrected chi connectivity index (χ0v) is 25.9. The Morgan fingerprint density at radius 1 is 0.900 bits per heavy atom. The van der Waals surface area contributed by atoms with Crippen LogP contribution in [0.3, 0.4) is 0 Å². The number of rotatable bonds is 16. The van der Waals surface area contributed by atoms with Gasteiger partial charge in [-0.15, -0.1) is 0 Å². The summed E-state index contributed by atoms with van der Waals surface area (Å²) in [6, 6.07) is 13.1. The van der Waals surface area contributed by atoms with E-state index in [1.807, 2.05) is 25.9 Å². The number of carbonyl (C=O) groups excluding carboxylic acids is 2. The van der Waals surface area contributed by atoms with Crippen molar-refractivity contribution in [1.29, 1.82) is 0 Å². The Balaban J connectivity index is 1.28. The molecule has 0 atom stereocenters. The number of fused-ring (bicyclic) bond motifs is 1. The summed E-state index contributed by atoms with van der Waals surface area (Å²) in [6.45, 7) is 7.57. The highest BCUT2D eigenvalue weighted by Crippen LogP contribution is 2.45. The van der Waals surface area contributed by atoms with E-state index in [4.69, 9.17) is 0 Å². The highest BCUT2D eigenvalue weighted by atomic mass is 32.2. The van der Waals surface area contributed by atoms with Gasteiger partial charge in [0.15, 0.2) is 11.4 Å². The lowest BCUT2D eigenvalue weighted by atomic mass is 10.1. The SMILES string of the molecule is Cc1cc(C=C2Sc3ccccc3N2C)cc(C)[n+]1CCCCCC(=O)NCCCCCC(=O)NCCN(C)C. The number of likely N-dealkylation sites (N-methyl/N-ethyl adjacent to an activating group) is 1. The Morgan fingerprint density at radius 2 is 1.52 bits per heavy atom. The van der Waals surface area contributed by atoms with Crippen molar-refractivity contribution in [2.24, 2.45) is 0 Å². The molecule has 0 aliphatic carbocycles. The fourth-order valence-electron chi connectivity index (χ4n) is 4.93. The molecule has 0 unspecified atom stereocenters. The standard InChI is InChI=1S/C32H47N5O2S/c1-25-22-27(24-32-36(5)28-14-10-11-15-29(28)40-32)23-26(2)37(25)20-13-7-9-17-30(38)33-18-12-6-8-16-31(39)34-19-21-35(3)4/h10-11,14-15,22-24H,6-9,12-13,16-21H2,1-5H3,(H-,33,34,38,39)/p+1. The molecule has 3 rings (SSSR count). The molecule has 2 N–H and O–H groups in total. The number of carbonyl (C=O) groups is 2. The molecule has 1 aliphatic rings. The second-order valence-electron chi connectivity index (χ2n) is 11.0. The number of benzene rings is 1. The Labute approximate surface area is 245 Å². The van der Waals surface area contributed by atoms with Gasteiger partial charge in [-0.05, 0) is 63.6 Å². The molecule has 2 amide bonds. The van der Waals surface area contributed by atoms with E-state index in [9.17, 15) is 9.59 Å². The van der Waals surface area contributed by atoms with Gasteiger partial charge in [-0.25, -0.2) is 4.57 Å². The van der Waals surface area contributed by atoms with Crippen LogP contribution in [0.1, 0.15) is 68.3 Å². The van der Waals surface area contributed by atoms with Crippen molar-refractivity contribution in [3.63, 3.8) is 0 Å². The third kappa shape index (κ3) is 10.3. The summed E-state index contributed by atoms with van der Waals surface area (Å²) in [6.07, 6.45) is 9.16. The third-order valence-electron chi connectivity index (χ3n) is 7.23. The number of hydrogen-bond acceptors (Lipinski definition) is 5. The number of nitrogens with zero attached hydrogens (tertiary/aromatic N) is 3. The van der Waals surface area contributed by atoms with Gasteiger partial charge in [0.05, 0.1) is 10.7 Å². The summed E-state index contributed by atoms with van der Waals surface area (Å²) >= 11 is 1.82. The van der Waals surface area contributed by atoms with Crippen LogP contribution in [0, 0.1) is 13.8 Å². The molecule has 1 aromatic heterocycles. The Hall–Kier alpha value is -2.84. The first kappa shape index (κ1) is 31.7. The second-order valence-corrected chi connectivity index (χ2v) is 12.0. The van der Waals surface area contributed by atoms with Gasteiger partial charge in [0.25, 0.3) is 0 Å². The van der Waals surface area contributed by atoms with Crippen molar-refractivity contribution in [1.82, 2.24) is 15.5 Å². The summed E-state index contributed by atoms with van der Waals surface area (Å²) < 4.78 is 2.38. The maximum Gasteiger partial charge on any atom is 0.220 e. The molecule has 1 aliphatic heterocycles. The molecule has 2 heterocycles. The van der Waals surface area contributed by atoms with Gasteiger partial charge in [0, 0.05) is 76.8 Å². The van der Waals surface area contributed by atoms with Gasteiger partial charge in [-0.1, -0.05) is 30.3 Å². The Morgan fingerprint density at radius 3 is 2.17 bits per heavy atom. The number of aryl methyl sites for hydroxylation is 2. The highest BCUT2D eigenvalue weighted by Gasteiger charge is 2.22.